The fraction of sp³-hybridized carbons (Fsp3) is 0.214. The molecule has 3 aromatic rings. The third kappa shape index (κ3) is 2.60. The second kappa shape index (κ2) is 5.50. The average Bonchev–Trinajstić information content (AvgIpc) is 2.90. The van der Waals surface area contributed by atoms with Gasteiger partial charge in [0.15, 0.2) is 5.16 Å². The van der Waals surface area contributed by atoms with E-state index in [1.165, 1.54) is 0 Å². The monoisotopic (exact) mass is 286 g/mol. The molecule has 6 heteroatoms. The number of aromatic nitrogens is 3. The summed E-state index contributed by atoms with van der Waals surface area (Å²) >= 11 is 1.55. The first-order valence-electron chi connectivity index (χ1n) is 6.26. The lowest BCUT2D eigenvalue weighted by Crippen LogP contribution is -1.98. The molecule has 0 fully saturated rings. The predicted molar refractivity (Wildman–Crippen MR) is 79.9 cm³/mol. The van der Waals surface area contributed by atoms with Crippen LogP contribution in [0.15, 0.2) is 40.0 Å². The molecule has 0 aliphatic heterocycles. The van der Waals surface area contributed by atoms with Crippen molar-refractivity contribution in [2.75, 3.05) is 12.4 Å². The van der Waals surface area contributed by atoms with E-state index in [9.17, 15) is 0 Å². The van der Waals surface area contributed by atoms with Crippen LogP contribution in [0.5, 0.6) is 0 Å². The molecule has 0 aliphatic rings. The van der Waals surface area contributed by atoms with Crippen molar-refractivity contribution in [1.82, 2.24) is 15.1 Å². The minimum absolute atomic E-state index is 0.693. The maximum absolute atomic E-state index is 5.05. The molecule has 0 aliphatic carbocycles. The van der Waals surface area contributed by atoms with Crippen molar-refractivity contribution in [3.8, 4) is 0 Å². The summed E-state index contributed by atoms with van der Waals surface area (Å²) in [5, 5.41) is 8.84. The Morgan fingerprint density at radius 3 is 2.85 bits per heavy atom. The van der Waals surface area contributed by atoms with E-state index in [0.717, 1.165) is 33.3 Å². The molecule has 0 radical (unpaired) electrons. The van der Waals surface area contributed by atoms with Gasteiger partial charge < -0.3 is 9.84 Å². The Morgan fingerprint density at radius 1 is 1.25 bits per heavy atom. The zero-order valence-electron chi connectivity index (χ0n) is 11.3. The van der Waals surface area contributed by atoms with Gasteiger partial charge in [-0.25, -0.2) is 9.97 Å². The number of benzene rings is 1. The van der Waals surface area contributed by atoms with Crippen LogP contribution in [0.1, 0.15) is 11.5 Å². The number of anilines is 1. The van der Waals surface area contributed by atoms with Gasteiger partial charge >= 0.3 is 0 Å². The normalized spacial score (nSPS) is 10.9. The molecule has 20 heavy (non-hydrogen) atoms. The fourth-order valence-corrected chi connectivity index (χ4v) is 2.67. The average molecular weight is 286 g/mol. The highest BCUT2D eigenvalue weighted by molar-refractivity contribution is 7.98. The molecule has 0 amide bonds. The number of fused-ring (bicyclic) bond motifs is 1. The first-order valence-corrected chi connectivity index (χ1v) is 7.24. The van der Waals surface area contributed by atoms with E-state index >= 15 is 0 Å². The number of thioether (sulfide) groups is 1. The first-order chi connectivity index (χ1) is 9.76. The van der Waals surface area contributed by atoms with Crippen molar-refractivity contribution >= 4 is 28.5 Å². The highest BCUT2D eigenvalue weighted by Gasteiger charge is 2.08. The van der Waals surface area contributed by atoms with Crippen molar-refractivity contribution in [3.05, 3.63) is 41.8 Å². The third-order valence-corrected chi connectivity index (χ3v) is 3.73. The molecule has 1 aromatic carbocycles. The molecule has 0 saturated heterocycles. The molecule has 3 rings (SSSR count). The van der Waals surface area contributed by atoms with Crippen molar-refractivity contribution in [2.24, 2.45) is 0 Å². The molecule has 1 N–H and O–H groups in total. The second-order valence-corrected chi connectivity index (χ2v) is 5.28. The molecule has 0 spiro atoms. The van der Waals surface area contributed by atoms with Gasteiger partial charge in [-0.1, -0.05) is 29.1 Å². The molecule has 102 valence electrons. The number of nitrogens with one attached hydrogen (secondary N) is 1. The molecule has 5 nitrogen and oxygen atoms in total. The Balaban J connectivity index is 1.88. The largest absolute Gasteiger partial charge is 0.372 e. The predicted octanol–water partition coefficient (Wildman–Crippen LogP) is 3.26. The van der Waals surface area contributed by atoms with Crippen LogP contribution in [0.3, 0.4) is 0 Å². The van der Waals surface area contributed by atoms with Gasteiger partial charge in [-0.3, -0.25) is 0 Å². The second-order valence-electron chi connectivity index (χ2n) is 4.34. The zero-order valence-corrected chi connectivity index (χ0v) is 12.1. The number of para-hydroxylation sites is 1. The van der Waals surface area contributed by atoms with Crippen molar-refractivity contribution in [2.45, 2.75) is 17.8 Å². The van der Waals surface area contributed by atoms with Crippen molar-refractivity contribution in [3.63, 3.8) is 0 Å². The lowest BCUT2D eigenvalue weighted by molar-refractivity contribution is 0.393. The zero-order chi connectivity index (χ0) is 13.9. The summed E-state index contributed by atoms with van der Waals surface area (Å²) < 4.78 is 5.05. The summed E-state index contributed by atoms with van der Waals surface area (Å²) in [6.45, 7) is 1.88. The van der Waals surface area contributed by atoms with Gasteiger partial charge in [0.25, 0.3) is 0 Å². The van der Waals surface area contributed by atoms with Crippen LogP contribution in [0.2, 0.25) is 0 Å². The van der Waals surface area contributed by atoms with Gasteiger partial charge in [0.05, 0.1) is 11.2 Å². The lowest BCUT2D eigenvalue weighted by atomic mass is 10.2. The summed E-state index contributed by atoms with van der Waals surface area (Å²) in [7, 11) is 1.87. The van der Waals surface area contributed by atoms with E-state index in [1.807, 2.05) is 44.3 Å². The highest BCUT2D eigenvalue weighted by atomic mass is 32.2. The summed E-state index contributed by atoms with van der Waals surface area (Å²) in [5.74, 6) is 2.35. The van der Waals surface area contributed by atoms with E-state index < -0.39 is 0 Å². The van der Waals surface area contributed by atoms with E-state index in [1.54, 1.807) is 11.8 Å². The Bertz CT molecular complexity index is 741. The smallest absolute Gasteiger partial charge is 0.190 e. The minimum atomic E-state index is 0.693. The van der Waals surface area contributed by atoms with E-state index in [-0.39, 0.29) is 0 Å². The van der Waals surface area contributed by atoms with Gasteiger partial charge in [-0.05, 0) is 19.1 Å². The van der Waals surface area contributed by atoms with E-state index in [0.29, 0.717) is 5.75 Å². The Labute approximate surface area is 120 Å². The van der Waals surface area contributed by atoms with Gasteiger partial charge in [0, 0.05) is 24.3 Å². The lowest BCUT2D eigenvalue weighted by Gasteiger charge is -2.06. The van der Waals surface area contributed by atoms with Crippen LogP contribution in [-0.4, -0.2) is 22.2 Å². The molecule has 0 bridgehead atoms. The molecule has 0 unspecified atom stereocenters. The fourth-order valence-electron chi connectivity index (χ4n) is 1.93. The number of hydrogen-bond donors (Lipinski definition) is 1. The Hall–Kier alpha value is -2.08. The maximum Gasteiger partial charge on any atom is 0.190 e. The SMILES string of the molecule is CNc1nc(SCc2cc(C)on2)nc2ccccc12. The topological polar surface area (TPSA) is 63.8 Å². The minimum Gasteiger partial charge on any atom is -0.372 e. The van der Waals surface area contributed by atoms with Crippen molar-refractivity contribution in [1.29, 1.82) is 0 Å². The standard InChI is InChI=1S/C14H14N4OS/c1-9-7-10(18-19-9)8-20-14-16-12-6-4-3-5-11(12)13(15-2)17-14/h3-7H,8H2,1-2H3,(H,15,16,17). The van der Waals surface area contributed by atoms with Gasteiger partial charge in [-0.15, -0.1) is 0 Å². The molecule has 0 saturated carbocycles. The number of rotatable bonds is 4. The van der Waals surface area contributed by atoms with Crippen LogP contribution in [-0.2, 0) is 5.75 Å². The van der Waals surface area contributed by atoms with Gasteiger partial charge in [-0.2, -0.15) is 0 Å². The van der Waals surface area contributed by atoms with E-state index in [2.05, 4.69) is 20.4 Å². The van der Waals surface area contributed by atoms with Crippen LogP contribution in [0.4, 0.5) is 5.82 Å². The number of nitrogens with zero attached hydrogens (tertiary/aromatic N) is 3. The Morgan fingerprint density at radius 2 is 2.10 bits per heavy atom. The molecule has 0 atom stereocenters. The van der Waals surface area contributed by atoms with Crippen LogP contribution in [0.25, 0.3) is 10.9 Å². The van der Waals surface area contributed by atoms with Crippen molar-refractivity contribution < 1.29 is 4.52 Å². The summed E-state index contributed by atoms with van der Waals surface area (Å²) in [5.41, 5.74) is 1.83. The summed E-state index contributed by atoms with van der Waals surface area (Å²) in [6, 6.07) is 9.88. The maximum atomic E-state index is 5.05. The number of aryl methyl sites for hydroxylation is 1. The van der Waals surface area contributed by atoms with Crippen LogP contribution < -0.4 is 5.32 Å². The molecular weight excluding hydrogens is 272 g/mol. The molecule has 2 heterocycles. The quantitative estimate of drug-likeness (QED) is 0.586. The summed E-state index contributed by atoms with van der Waals surface area (Å²) in [4.78, 5) is 9.08. The Kier molecular flexibility index (Phi) is 3.56. The highest BCUT2D eigenvalue weighted by Crippen LogP contribution is 2.25. The van der Waals surface area contributed by atoms with Crippen LogP contribution in [0, 0.1) is 6.92 Å². The number of hydrogen-bond acceptors (Lipinski definition) is 6. The third-order valence-electron chi connectivity index (χ3n) is 2.85. The summed E-state index contributed by atoms with van der Waals surface area (Å²) in [6.07, 6.45) is 0. The first kappa shape index (κ1) is 12.9. The van der Waals surface area contributed by atoms with Gasteiger partial charge in [0.2, 0.25) is 0 Å². The van der Waals surface area contributed by atoms with Gasteiger partial charge in [0.1, 0.15) is 11.6 Å². The molecular formula is C14H14N4OS. The van der Waals surface area contributed by atoms with E-state index in [4.69, 9.17) is 4.52 Å². The molecule has 2 aromatic heterocycles. The van der Waals surface area contributed by atoms with Crippen LogP contribution >= 0.6 is 11.8 Å².